The molecule has 1 N–H and O–H groups in total. The van der Waals surface area contributed by atoms with Gasteiger partial charge in [-0.3, -0.25) is 0 Å². The number of aromatic hydroxyl groups is 1. The zero-order valence-corrected chi connectivity index (χ0v) is 13.5. The Morgan fingerprint density at radius 3 is 2.35 bits per heavy atom. The van der Waals surface area contributed by atoms with Crippen LogP contribution < -0.4 is 9.47 Å². The van der Waals surface area contributed by atoms with Crippen LogP contribution in [0.2, 0.25) is 0 Å². The van der Waals surface area contributed by atoms with Gasteiger partial charge in [0.25, 0.3) is 0 Å². The SMILES string of the molecule is CC1Cc2c(c(O)c3c(c2C2(N=C=O)CCCC2)OC(C)C3)O1. The van der Waals surface area contributed by atoms with Gasteiger partial charge in [-0.15, -0.1) is 0 Å². The van der Waals surface area contributed by atoms with Gasteiger partial charge in [-0.25, -0.2) is 4.79 Å². The fraction of sp³-hybridized carbons (Fsp3) is 0.611. The maximum absolute atomic E-state index is 11.1. The first-order chi connectivity index (χ1) is 11.1. The second-order valence-corrected chi connectivity index (χ2v) is 7.05. The average Bonchev–Trinajstić information content (AvgIpc) is 3.19. The molecule has 2 heterocycles. The summed E-state index contributed by atoms with van der Waals surface area (Å²) < 4.78 is 11.9. The molecule has 122 valence electrons. The highest BCUT2D eigenvalue weighted by Crippen LogP contribution is 2.57. The van der Waals surface area contributed by atoms with Gasteiger partial charge in [0.15, 0.2) is 11.5 Å². The van der Waals surface area contributed by atoms with Crippen LogP contribution in [-0.2, 0) is 23.2 Å². The predicted molar refractivity (Wildman–Crippen MR) is 84.0 cm³/mol. The molecular formula is C18H21NO4. The highest BCUT2D eigenvalue weighted by Gasteiger charge is 2.46. The van der Waals surface area contributed by atoms with E-state index in [1.807, 2.05) is 13.8 Å². The van der Waals surface area contributed by atoms with Crippen molar-refractivity contribution in [1.29, 1.82) is 0 Å². The number of phenolic OH excluding ortho intramolecular Hbond substituents is 1. The molecule has 1 aromatic carbocycles. The van der Waals surface area contributed by atoms with Crippen LogP contribution >= 0.6 is 0 Å². The number of carbonyl (C=O) groups excluding carboxylic acids is 1. The Bertz CT molecular complexity index is 675. The molecular weight excluding hydrogens is 294 g/mol. The molecule has 0 bridgehead atoms. The van der Waals surface area contributed by atoms with E-state index >= 15 is 0 Å². The lowest BCUT2D eigenvalue weighted by Crippen LogP contribution is -2.22. The van der Waals surface area contributed by atoms with Crippen molar-refractivity contribution in [3.05, 3.63) is 16.7 Å². The molecule has 0 radical (unpaired) electrons. The fourth-order valence-corrected chi connectivity index (χ4v) is 4.45. The van der Waals surface area contributed by atoms with Crippen LogP contribution in [0.3, 0.4) is 0 Å². The molecule has 1 aromatic rings. The zero-order chi connectivity index (χ0) is 16.2. The minimum Gasteiger partial charge on any atom is -0.504 e. The summed E-state index contributed by atoms with van der Waals surface area (Å²) >= 11 is 0. The van der Waals surface area contributed by atoms with E-state index < -0.39 is 5.54 Å². The van der Waals surface area contributed by atoms with Gasteiger partial charge in [0.05, 0.1) is 0 Å². The monoisotopic (exact) mass is 315 g/mol. The van der Waals surface area contributed by atoms with Crippen LogP contribution in [0.5, 0.6) is 17.2 Å². The normalized spacial score (nSPS) is 26.9. The van der Waals surface area contributed by atoms with Crippen molar-refractivity contribution in [2.45, 2.75) is 70.1 Å². The van der Waals surface area contributed by atoms with E-state index in [9.17, 15) is 9.90 Å². The van der Waals surface area contributed by atoms with Crippen LogP contribution in [-0.4, -0.2) is 23.4 Å². The molecule has 5 nitrogen and oxygen atoms in total. The van der Waals surface area contributed by atoms with Crippen molar-refractivity contribution in [3.8, 4) is 17.2 Å². The third-order valence-electron chi connectivity index (χ3n) is 5.35. The Morgan fingerprint density at radius 1 is 1.09 bits per heavy atom. The maximum atomic E-state index is 11.1. The maximum Gasteiger partial charge on any atom is 0.235 e. The molecule has 1 aliphatic carbocycles. The number of fused-ring (bicyclic) bond motifs is 2. The third-order valence-corrected chi connectivity index (χ3v) is 5.35. The Hall–Kier alpha value is -2.00. The number of hydrogen-bond acceptors (Lipinski definition) is 5. The van der Waals surface area contributed by atoms with E-state index in [0.29, 0.717) is 18.6 Å². The lowest BCUT2D eigenvalue weighted by molar-refractivity contribution is 0.244. The summed E-state index contributed by atoms with van der Waals surface area (Å²) in [5, 5.41) is 10.6. The summed E-state index contributed by atoms with van der Waals surface area (Å²) in [6, 6.07) is 0. The topological polar surface area (TPSA) is 68.1 Å². The van der Waals surface area contributed by atoms with E-state index in [1.165, 1.54) is 0 Å². The summed E-state index contributed by atoms with van der Waals surface area (Å²) in [7, 11) is 0. The Labute approximate surface area is 135 Å². The van der Waals surface area contributed by atoms with Crippen molar-refractivity contribution in [3.63, 3.8) is 0 Å². The number of ether oxygens (including phenoxy) is 2. The van der Waals surface area contributed by atoms with Crippen LogP contribution in [0.15, 0.2) is 4.99 Å². The first kappa shape index (κ1) is 14.6. The second-order valence-electron chi connectivity index (χ2n) is 7.05. The van der Waals surface area contributed by atoms with Gasteiger partial charge in [0.1, 0.15) is 23.5 Å². The van der Waals surface area contributed by atoms with Gasteiger partial charge in [-0.05, 0) is 26.7 Å². The average molecular weight is 315 g/mol. The number of nitrogens with zero attached hydrogens (tertiary/aromatic N) is 1. The van der Waals surface area contributed by atoms with E-state index in [0.717, 1.165) is 48.1 Å². The van der Waals surface area contributed by atoms with Gasteiger partial charge < -0.3 is 14.6 Å². The first-order valence-electron chi connectivity index (χ1n) is 8.39. The molecule has 23 heavy (non-hydrogen) atoms. The quantitative estimate of drug-likeness (QED) is 0.672. The molecule has 2 atom stereocenters. The van der Waals surface area contributed by atoms with Gasteiger partial charge >= 0.3 is 0 Å². The molecule has 2 unspecified atom stereocenters. The molecule has 2 aliphatic heterocycles. The van der Waals surface area contributed by atoms with Crippen molar-refractivity contribution >= 4 is 6.08 Å². The molecule has 1 fully saturated rings. The molecule has 0 amide bonds. The lowest BCUT2D eigenvalue weighted by atomic mass is 9.82. The smallest absolute Gasteiger partial charge is 0.235 e. The highest BCUT2D eigenvalue weighted by atomic mass is 16.5. The Morgan fingerprint density at radius 2 is 1.70 bits per heavy atom. The van der Waals surface area contributed by atoms with Gasteiger partial charge in [0, 0.05) is 29.5 Å². The molecule has 0 aromatic heterocycles. The summed E-state index contributed by atoms with van der Waals surface area (Å²) in [4.78, 5) is 15.4. The minimum atomic E-state index is -0.568. The number of aliphatic imine (C=N–C) groups is 1. The number of phenols is 1. The minimum absolute atomic E-state index is 0.00765. The number of hydrogen-bond donors (Lipinski definition) is 1. The predicted octanol–water partition coefficient (Wildman–Crippen LogP) is 3.14. The third kappa shape index (κ3) is 1.99. The molecule has 0 saturated heterocycles. The van der Waals surface area contributed by atoms with Crippen molar-refractivity contribution in [2.75, 3.05) is 0 Å². The number of isocyanates is 1. The Kier molecular flexibility index (Phi) is 3.17. The van der Waals surface area contributed by atoms with Crippen LogP contribution in [0, 0.1) is 0 Å². The largest absolute Gasteiger partial charge is 0.504 e. The van der Waals surface area contributed by atoms with Gasteiger partial charge in [-0.1, -0.05) is 12.8 Å². The highest BCUT2D eigenvalue weighted by molar-refractivity contribution is 5.67. The van der Waals surface area contributed by atoms with Crippen molar-refractivity contribution in [1.82, 2.24) is 0 Å². The van der Waals surface area contributed by atoms with Crippen molar-refractivity contribution < 1.29 is 19.4 Å². The Balaban J connectivity index is 2.01. The summed E-state index contributed by atoms with van der Waals surface area (Å²) in [5.74, 6) is 1.50. The molecule has 1 saturated carbocycles. The van der Waals surface area contributed by atoms with E-state index in [-0.39, 0.29) is 18.0 Å². The molecule has 4 rings (SSSR count). The molecule has 5 heteroatoms. The lowest BCUT2D eigenvalue weighted by Gasteiger charge is -2.28. The van der Waals surface area contributed by atoms with Gasteiger partial charge in [0.2, 0.25) is 6.08 Å². The first-order valence-corrected chi connectivity index (χ1v) is 8.39. The number of rotatable bonds is 2. The second kappa shape index (κ2) is 5.00. The molecule has 3 aliphatic rings. The summed E-state index contributed by atoms with van der Waals surface area (Å²) in [6.45, 7) is 3.98. The van der Waals surface area contributed by atoms with Crippen LogP contribution in [0.1, 0.15) is 56.2 Å². The summed E-state index contributed by atoms with van der Waals surface area (Å²) in [5.41, 5.74) is 2.16. The molecule has 0 spiro atoms. The van der Waals surface area contributed by atoms with Gasteiger partial charge in [-0.2, -0.15) is 4.99 Å². The summed E-state index contributed by atoms with van der Waals surface area (Å²) in [6.07, 6.45) is 6.85. The van der Waals surface area contributed by atoms with E-state index in [1.54, 1.807) is 6.08 Å². The van der Waals surface area contributed by atoms with E-state index in [2.05, 4.69) is 4.99 Å². The van der Waals surface area contributed by atoms with E-state index in [4.69, 9.17) is 9.47 Å². The van der Waals surface area contributed by atoms with Crippen molar-refractivity contribution in [2.24, 2.45) is 4.99 Å². The van der Waals surface area contributed by atoms with Crippen LogP contribution in [0.4, 0.5) is 0 Å². The number of benzene rings is 1. The standard InChI is InChI=1S/C18H21NO4/c1-10-7-12-14(18(19-9-20)5-3-4-6-18)16-13(8-11(2)22-16)15(21)17(12)23-10/h10-11,21H,3-8H2,1-2H3. The fourth-order valence-electron chi connectivity index (χ4n) is 4.45. The van der Waals surface area contributed by atoms with Crippen LogP contribution in [0.25, 0.3) is 0 Å². The zero-order valence-electron chi connectivity index (χ0n) is 13.5.